The van der Waals surface area contributed by atoms with Crippen LogP contribution < -0.4 is 4.90 Å². The van der Waals surface area contributed by atoms with Gasteiger partial charge in [-0.3, -0.25) is 4.90 Å². The molecule has 0 spiro atoms. The summed E-state index contributed by atoms with van der Waals surface area (Å²) in [5, 5.41) is 9.44. The second kappa shape index (κ2) is 11.0. The fourth-order valence-corrected chi connectivity index (χ4v) is 5.27. The van der Waals surface area contributed by atoms with Gasteiger partial charge in [-0.05, 0) is 54.1 Å². The monoisotopic (exact) mass is 539 g/mol. The van der Waals surface area contributed by atoms with Crippen LogP contribution in [0.4, 0.5) is 19.4 Å². The minimum absolute atomic E-state index is 0.134. The maximum Gasteiger partial charge on any atom is 0.409 e. The summed E-state index contributed by atoms with van der Waals surface area (Å²) in [4.78, 5) is 19.5. The molecule has 1 aliphatic heterocycles. The minimum atomic E-state index is -1.11. The molecule has 1 saturated heterocycles. The molecule has 184 valence electrons. The van der Waals surface area contributed by atoms with Gasteiger partial charge in [0, 0.05) is 35.3 Å². The highest BCUT2D eigenvalue weighted by Crippen LogP contribution is 2.45. The second-order valence-electron chi connectivity index (χ2n) is 7.85. The lowest BCUT2D eigenvalue weighted by Gasteiger charge is -2.37. The van der Waals surface area contributed by atoms with Crippen molar-refractivity contribution >= 4 is 46.9 Å². The topological polar surface area (TPSA) is 65.9 Å². The summed E-state index contributed by atoms with van der Waals surface area (Å²) in [6.07, 6.45) is -0.325. The van der Waals surface area contributed by atoms with Gasteiger partial charge in [-0.1, -0.05) is 23.2 Å². The summed E-state index contributed by atoms with van der Waals surface area (Å²) in [6, 6.07) is 12.1. The molecule has 35 heavy (non-hydrogen) atoms. The third-order valence-corrected chi connectivity index (χ3v) is 7.42. The Bertz CT molecular complexity index is 1220. The summed E-state index contributed by atoms with van der Waals surface area (Å²) in [5.41, 5.74) is 0.671. The number of pyridine rings is 1. The van der Waals surface area contributed by atoms with Crippen LogP contribution in [-0.2, 0) is 4.74 Å². The molecule has 0 saturated carbocycles. The molecule has 6 nitrogen and oxygen atoms in total. The zero-order valence-corrected chi connectivity index (χ0v) is 20.8. The van der Waals surface area contributed by atoms with Gasteiger partial charge >= 0.3 is 6.09 Å². The number of nitrogens with zero attached hydrogens (tertiary/aromatic N) is 3. The van der Waals surface area contributed by atoms with Crippen molar-refractivity contribution in [1.29, 1.82) is 0 Å². The molecule has 2 aromatic carbocycles. The Morgan fingerprint density at radius 1 is 1.20 bits per heavy atom. The average Bonchev–Trinajstić information content (AvgIpc) is 2.85. The van der Waals surface area contributed by atoms with E-state index < -0.39 is 29.2 Å². The average molecular weight is 540 g/mol. The van der Waals surface area contributed by atoms with Gasteiger partial charge in [-0.15, -0.1) is 11.8 Å². The molecule has 0 radical (unpaired) electrons. The molecule has 0 bridgehead atoms. The van der Waals surface area contributed by atoms with Crippen molar-refractivity contribution in [3.8, 4) is 0 Å². The Morgan fingerprint density at radius 3 is 2.66 bits per heavy atom. The number of morpholine rings is 1. The Kier molecular flexibility index (Phi) is 8.01. The lowest BCUT2D eigenvalue weighted by Crippen LogP contribution is -2.51. The Morgan fingerprint density at radius 2 is 1.94 bits per heavy atom. The number of hydrogen-bond acceptors (Lipinski definition) is 5. The first-order chi connectivity index (χ1) is 16.7. The maximum absolute atomic E-state index is 14.9. The molecule has 1 fully saturated rings. The zero-order chi connectivity index (χ0) is 25.1. The molecule has 1 amide bonds. The van der Waals surface area contributed by atoms with E-state index in [4.69, 9.17) is 27.9 Å². The first-order valence-corrected chi connectivity index (χ1v) is 12.2. The fourth-order valence-electron chi connectivity index (χ4n) is 3.67. The van der Waals surface area contributed by atoms with Gasteiger partial charge in [-0.25, -0.2) is 18.6 Å². The van der Waals surface area contributed by atoms with Gasteiger partial charge in [0.1, 0.15) is 17.5 Å². The smallest absolute Gasteiger partial charge is 0.409 e. The van der Waals surface area contributed by atoms with Gasteiger partial charge in [0.25, 0.3) is 0 Å². The largest absolute Gasteiger partial charge is 0.465 e. The van der Waals surface area contributed by atoms with E-state index in [-0.39, 0.29) is 17.1 Å². The third kappa shape index (κ3) is 5.98. The molecule has 2 atom stereocenters. The van der Waals surface area contributed by atoms with Gasteiger partial charge < -0.3 is 14.7 Å². The molecule has 1 N–H and O–H groups in total. The van der Waals surface area contributed by atoms with Crippen molar-refractivity contribution in [2.45, 2.75) is 16.4 Å². The van der Waals surface area contributed by atoms with E-state index >= 15 is 0 Å². The number of thioether (sulfide) groups is 1. The first kappa shape index (κ1) is 25.5. The number of rotatable bonds is 6. The third-order valence-electron chi connectivity index (χ3n) is 5.57. The molecule has 2 unspecified atom stereocenters. The molecular formula is C24H21Cl2F2N3O3S. The van der Waals surface area contributed by atoms with Crippen LogP contribution in [-0.4, -0.2) is 54.1 Å². The van der Waals surface area contributed by atoms with Crippen molar-refractivity contribution in [1.82, 2.24) is 9.88 Å². The lowest BCUT2D eigenvalue weighted by molar-refractivity contribution is -0.0448. The van der Waals surface area contributed by atoms with E-state index in [1.807, 2.05) is 4.90 Å². The summed E-state index contributed by atoms with van der Waals surface area (Å²) in [7, 11) is 1.43. The fraction of sp³-hybridized carbons (Fsp3) is 0.250. The zero-order valence-electron chi connectivity index (χ0n) is 18.5. The van der Waals surface area contributed by atoms with Crippen LogP contribution in [0.25, 0.3) is 0 Å². The highest BCUT2D eigenvalue weighted by atomic mass is 35.5. The van der Waals surface area contributed by atoms with E-state index in [0.717, 1.165) is 28.0 Å². The standard InChI is InChI=1S/C24H21Cl2F2N3O3S/c1-30(24(32)33)22-13-31(8-9-34-22)21-11-17(19(26)12-29-21)23(18-10-15(27)4-7-20(18)28)35-16-5-2-14(25)3-6-16/h2-7,10-12,22-23H,8-9,13H2,1H3,(H,32,33). The number of halogens is 4. The quantitative estimate of drug-likeness (QED) is 0.369. The number of likely N-dealkylation sites (N-methyl/N-ethyl adjacent to an activating group) is 1. The van der Waals surface area contributed by atoms with Crippen molar-refractivity contribution < 1.29 is 23.4 Å². The van der Waals surface area contributed by atoms with Gasteiger partial charge in [-0.2, -0.15) is 0 Å². The van der Waals surface area contributed by atoms with Crippen LogP contribution in [0, 0.1) is 11.6 Å². The number of anilines is 1. The summed E-state index contributed by atoms with van der Waals surface area (Å²) < 4.78 is 34.7. The number of carbonyl (C=O) groups is 1. The molecule has 0 aliphatic carbocycles. The van der Waals surface area contributed by atoms with Crippen LogP contribution in [0.1, 0.15) is 16.4 Å². The molecule has 1 aromatic heterocycles. The number of ether oxygens (including phenoxy) is 1. The molecule has 3 aromatic rings. The molecule has 11 heteroatoms. The lowest BCUT2D eigenvalue weighted by atomic mass is 10.0. The predicted molar refractivity (Wildman–Crippen MR) is 132 cm³/mol. The molecule has 4 rings (SSSR count). The highest BCUT2D eigenvalue weighted by molar-refractivity contribution is 7.99. The summed E-state index contributed by atoms with van der Waals surface area (Å²) in [5.74, 6) is -0.613. The number of carboxylic acid groups (broad SMARTS) is 1. The Balaban J connectivity index is 1.73. The van der Waals surface area contributed by atoms with Gasteiger partial charge in [0.2, 0.25) is 0 Å². The van der Waals surface area contributed by atoms with Crippen LogP contribution in [0.5, 0.6) is 0 Å². The predicted octanol–water partition coefficient (Wildman–Crippen LogP) is 6.32. The second-order valence-corrected chi connectivity index (χ2v) is 9.87. The summed E-state index contributed by atoms with van der Waals surface area (Å²) in [6.45, 7) is 1.02. The summed E-state index contributed by atoms with van der Waals surface area (Å²) >= 11 is 13.9. The van der Waals surface area contributed by atoms with Crippen LogP contribution in [0.15, 0.2) is 59.6 Å². The van der Waals surface area contributed by atoms with Crippen molar-refractivity contribution in [2.75, 3.05) is 31.6 Å². The normalized spacial score (nSPS) is 16.7. The van der Waals surface area contributed by atoms with E-state index in [2.05, 4.69) is 4.98 Å². The maximum atomic E-state index is 14.9. The van der Waals surface area contributed by atoms with Gasteiger partial charge in [0.15, 0.2) is 6.23 Å². The van der Waals surface area contributed by atoms with E-state index in [1.54, 1.807) is 30.3 Å². The van der Waals surface area contributed by atoms with Crippen LogP contribution in [0.2, 0.25) is 10.0 Å². The SMILES string of the molecule is CN(C(=O)O)C1CN(c2cc(C(Sc3ccc(Cl)cc3)c3cc(F)ccc3F)c(Cl)cn2)CCO1. The minimum Gasteiger partial charge on any atom is -0.465 e. The van der Waals surface area contributed by atoms with Crippen molar-refractivity contribution in [2.24, 2.45) is 0 Å². The van der Waals surface area contributed by atoms with E-state index in [9.17, 15) is 18.7 Å². The molecule has 2 heterocycles. The van der Waals surface area contributed by atoms with E-state index in [0.29, 0.717) is 29.6 Å². The molecule has 1 aliphatic rings. The van der Waals surface area contributed by atoms with E-state index in [1.165, 1.54) is 25.0 Å². The van der Waals surface area contributed by atoms with Crippen LogP contribution in [0.3, 0.4) is 0 Å². The van der Waals surface area contributed by atoms with Crippen molar-refractivity contribution in [3.63, 3.8) is 0 Å². The first-order valence-electron chi connectivity index (χ1n) is 10.6. The Labute approximate surface area is 215 Å². The highest BCUT2D eigenvalue weighted by Gasteiger charge is 2.29. The van der Waals surface area contributed by atoms with Crippen molar-refractivity contribution in [3.05, 3.63) is 87.5 Å². The van der Waals surface area contributed by atoms with Crippen LogP contribution >= 0.6 is 35.0 Å². The van der Waals surface area contributed by atoms with Gasteiger partial charge in [0.05, 0.1) is 23.4 Å². The number of hydrogen-bond donors (Lipinski definition) is 1. The number of aromatic nitrogens is 1. The Hall–Kier alpha value is -2.59. The number of benzene rings is 2. The number of amides is 1. The molecular weight excluding hydrogens is 519 g/mol.